The van der Waals surface area contributed by atoms with Crippen LogP contribution in [0.5, 0.6) is 11.5 Å². The number of hydrogen-bond acceptors (Lipinski definition) is 9. The number of carbonyl (C=O) groups is 3. The molecule has 9 nitrogen and oxygen atoms in total. The molecule has 0 spiro atoms. The highest BCUT2D eigenvalue weighted by atomic mass is 16.7. The molecule has 0 aromatic heterocycles. The van der Waals surface area contributed by atoms with E-state index in [2.05, 4.69) is 0 Å². The summed E-state index contributed by atoms with van der Waals surface area (Å²) in [6.45, 7) is 0.202. The van der Waals surface area contributed by atoms with Crippen molar-refractivity contribution in [3.63, 3.8) is 0 Å². The molecule has 0 unspecified atom stereocenters. The maximum atomic E-state index is 12.3. The lowest BCUT2D eigenvalue weighted by molar-refractivity contribution is 0.0568. The summed E-state index contributed by atoms with van der Waals surface area (Å²) in [6.07, 6.45) is 0.0698. The Bertz CT molecular complexity index is 1490. The van der Waals surface area contributed by atoms with Gasteiger partial charge in [0, 0.05) is 12.8 Å². The molecule has 0 radical (unpaired) electrons. The molecule has 0 atom stereocenters. The van der Waals surface area contributed by atoms with E-state index >= 15 is 0 Å². The summed E-state index contributed by atoms with van der Waals surface area (Å²) in [5.41, 5.74) is 3.38. The topological polar surface area (TPSA) is 136 Å². The fourth-order valence-corrected chi connectivity index (χ4v) is 3.69. The Hall–Kier alpha value is -5.93. The standard InChI is InChI=1S/C33H24N2O7/c34-21-25-5-13-29(14-6-25)41-31(36)27-9-1-23(2-10-27)17-19-39-33(38)40-20-18-24-3-11-28(12-4-24)32(37)42-30-15-7-26(22-35)8-16-30/h1-16H,17-20H2. The summed E-state index contributed by atoms with van der Waals surface area (Å²) in [6, 6.07) is 29.9. The fourth-order valence-electron chi connectivity index (χ4n) is 3.69. The van der Waals surface area contributed by atoms with Crippen molar-refractivity contribution in [3.8, 4) is 23.6 Å². The van der Waals surface area contributed by atoms with Crippen LogP contribution in [0.15, 0.2) is 97.1 Å². The maximum absolute atomic E-state index is 12.3. The summed E-state index contributed by atoms with van der Waals surface area (Å²) in [4.78, 5) is 36.6. The van der Waals surface area contributed by atoms with Crippen LogP contribution in [0.1, 0.15) is 43.0 Å². The van der Waals surface area contributed by atoms with Gasteiger partial charge in [0.15, 0.2) is 0 Å². The van der Waals surface area contributed by atoms with Crippen LogP contribution < -0.4 is 9.47 Å². The van der Waals surface area contributed by atoms with Crippen molar-refractivity contribution in [2.45, 2.75) is 12.8 Å². The second kappa shape index (κ2) is 14.5. The Morgan fingerprint density at radius 1 is 0.524 bits per heavy atom. The van der Waals surface area contributed by atoms with Gasteiger partial charge in [-0.1, -0.05) is 24.3 Å². The van der Waals surface area contributed by atoms with E-state index < -0.39 is 18.1 Å². The first kappa shape index (κ1) is 29.1. The van der Waals surface area contributed by atoms with E-state index in [1.807, 2.05) is 12.1 Å². The molecule has 0 fully saturated rings. The quantitative estimate of drug-likeness (QED) is 0.174. The van der Waals surface area contributed by atoms with Crippen molar-refractivity contribution in [1.29, 1.82) is 10.5 Å². The summed E-state index contributed by atoms with van der Waals surface area (Å²) >= 11 is 0. The zero-order valence-electron chi connectivity index (χ0n) is 22.3. The van der Waals surface area contributed by atoms with Crippen LogP contribution in [0, 0.1) is 22.7 Å². The molecule has 0 saturated carbocycles. The highest BCUT2D eigenvalue weighted by Crippen LogP contribution is 2.16. The van der Waals surface area contributed by atoms with E-state index in [1.165, 1.54) is 0 Å². The summed E-state index contributed by atoms with van der Waals surface area (Å²) < 4.78 is 20.9. The number of ether oxygens (including phenoxy) is 4. The third-order valence-electron chi connectivity index (χ3n) is 5.99. The van der Waals surface area contributed by atoms with Gasteiger partial charge in [0.05, 0.1) is 47.6 Å². The Kier molecular flexibility index (Phi) is 10.0. The third kappa shape index (κ3) is 8.54. The van der Waals surface area contributed by atoms with Gasteiger partial charge in [0.25, 0.3) is 0 Å². The number of rotatable bonds is 10. The predicted molar refractivity (Wildman–Crippen MR) is 150 cm³/mol. The second-order valence-electron chi connectivity index (χ2n) is 8.89. The van der Waals surface area contributed by atoms with Gasteiger partial charge in [0.2, 0.25) is 0 Å². The van der Waals surface area contributed by atoms with E-state index in [0.29, 0.717) is 46.6 Å². The minimum Gasteiger partial charge on any atom is -0.434 e. The van der Waals surface area contributed by atoms with Crippen LogP contribution in [0.4, 0.5) is 4.79 Å². The van der Waals surface area contributed by atoms with E-state index in [9.17, 15) is 14.4 Å². The van der Waals surface area contributed by atoms with E-state index in [-0.39, 0.29) is 13.2 Å². The number of nitriles is 2. The lowest BCUT2D eigenvalue weighted by atomic mass is 10.1. The Labute approximate surface area is 242 Å². The summed E-state index contributed by atoms with van der Waals surface area (Å²) in [7, 11) is 0. The number of nitrogens with zero attached hydrogens (tertiary/aromatic N) is 2. The molecule has 0 aliphatic rings. The minimum atomic E-state index is -0.791. The van der Waals surface area contributed by atoms with E-state index in [1.54, 1.807) is 97.1 Å². The van der Waals surface area contributed by atoms with Crippen molar-refractivity contribution >= 4 is 18.1 Å². The molecule has 0 heterocycles. The molecule has 9 heteroatoms. The first-order chi connectivity index (χ1) is 20.4. The summed E-state index contributed by atoms with van der Waals surface area (Å²) in [5, 5.41) is 17.7. The zero-order chi connectivity index (χ0) is 29.7. The molecule has 0 N–H and O–H groups in total. The van der Waals surface area contributed by atoms with Crippen LogP contribution in [0.3, 0.4) is 0 Å². The van der Waals surface area contributed by atoms with Gasteiger partial charge in [-0.15, -0.1) is 0 Å². The van der Waals surface area contributed by atoms with Crippen LogP contribution in [-0.2, 0) is 22.3 Å². The van der Waals surface area contributed by atoms with Gasteiger partial charge in [0.1, 0.15) is 11.5 Å². The number of hydrogen-bond donors (Lipinski definition) is 0. The van der Waals surface area contributed by atoms with E-state index in [0.717, 1.165) is 11.1 Å². The Morgan fingerprint density at radius 3 is 1.21 bits per heavy atom. The Morgan fingerprint density at radius 2 is 0.881 bits per heavy atom. The minimum absolute atomic E-state index is 0.101. The molecule has 4 aromatic carbocycles. The first-order valence-corrected chi connectivity index (χ1v) is 12.9. The smallest absolute Gasteiger partial charge is 0.434 e. The number of carbonyl (C=O) groups excluding carboxylic acids is 3. The zero-order valence-corrected chi connectivity index (χ0v) is 22.3. The van der Waals surface area contributed by atoms with Crippen molar-refractivity contribution in [2.75, 3.05) is 13.2 Å². The molecular weight excluding hydrogens is 536 g/mol. The molecule has 0 saturated heterocycles. The predicted octanol–water partition coefficient (Wildman–Crippen LogP) is 5.81. The van der Waals surface area contributed by atoms with Gasteiger partial charge in [-0.05, 0) is 83.9 Å². The monoisotopic (exact) mass is 560 g/mol. The normalized spacial score (nSPS) is 10.0. The largest absolute Gasteiger partial charge is 0.508 e. The van der Waals surface area contributed by atoms with Gasteiger partial charge < -0.3 is 18.9 Å². The van der Waals surface area contributed by atoms with Gasteiger partial charge in [-0.25, -0.2) is 14.4 Å². The van der Waals surface area contributed by atoms with Crippen LogP contribution >= 0.6 is 0 Å². The molecule has 0 aliphatic carbocycles. The second-order valence-corrected chi connectivity index (χ2v) is 8.89. The molecule has 208 valence electrons. The van der Waals surface area contributed by atoms with Gasteiger partial charge in [-0.3, -0.25) is 0 Å². The average molecular weight is 561 g/mol. The van der Waals surface area contributed by atoms with Crippen molar-refractivity contribution in [3.05, 3.63) is 130 Å². The highest BCUT2D eigenvalue weighted by Gasteiger charge is 2.11. The van der Waals surface area contributed by atoms with E-state index in [4.69, 9.17) is 29.5 Å². The maximum Gasteiger partial charge on any atom is 0.508 e. The third-order valence-corrected chi connectivity index (χ3v) is 5.99. The molecule has 0 aliphatic heterocycles. The average Bonchev–Trinajstić information content (AvgIpc) is 3.02. The molecular formula is C33H24N2O7. The lowest BCUT2D eigenvalue weighted by Gasteiger charge is -2.08. The molecule has 4 rings (SSSR count). The highest BCUT2D eigenvalue weighted by molar-refractivity contribution is 5.91. The molecule has 4 aromatic rings. The van der Waals surface area contributed by atoms with Crippen molar-refractivity contribution in [1.82, 2.24) is 0 Å². The van der Waals surface area contributed by atoms with Crippen molar-refractivity contribution < 1.29 is 33.3 Å². The lowest BCUT2D eigenvalue weighted by Crippen LogP contribution is -2.12. The molecule has 0 bridgehead atoms. The van der Waals surface area contributed by atoms with Crippen molar-refractivity contribution in [2.24, 2.45) is 0 Å². The molecule has 42 heavy (non-hydrogen) atoms. The van der Waals surface area contributed by atoms with Crippen LogP contribution in [0.2, 0.25) is 0 Å². The van der Waals surface area contributed by atoms with Crippen LogP contribution in [0.25, 0.3) is 0 Å². The Balaban J connectivity index is 1.13. The van der Waals surface area contributed by atoms with Gasteiger partial charge in [-0.2, -0.15) is 10.5 Å². The SMILES string of the molecule is N#Cc1ccc(OC(=O)c2ccc(CCOC(=O)OCCc3ccc(C(=O)Oc4ccc(C#N)cc4)cc3)cc2)cc1. The number of esters is 2. The first-order valence-electron chi connectivity index (χ1n) is 12.9. The van der Waals surface area contributed by atoms with Gasteiger partial charge >= 0.3 is 18.1 Å². The number of benzene rings is 4. The fraction of sp³-hybridized carbons (Fsp3) is 0.121. The molecule has 0 amide bonds. The summed E-state index contributed by atoms with van der Waals surface area (Å²) in [5.74, 6) is -0.367. The van der Waals surface area contributed by atoms with Crippen LogP contribution in [-0.4, -0.2) is 31.3 Å².